The predicted octanol–water partition coefficient (Wildman–Crippen LogP) is 4.42. The lowest BCUT2D eigenvalue weighted by molar-refractivity contribution is 0.627. The van der Waals surface area contributed by atoms with Crippen molar-refractivity contribution in [1.82, 2.24) is 14.4 Å². The van der Waals surface area contributed by atoms with Gasteiger partial charge in [0.2, 0.25) is 0 Å². The quantitative estimate of drug-likeness (QED) is 0.607. The summed E-state index contributed by atoms with van der Waals surface area (Å²) in [6.45, 7) is 0. The first-order valence-electron chi connectivity index (χ1n) is 7.31. The molecule has 118 valence electrons. The number of halogens is 2. The first-order valence-corrected chi connectivity index (χ1v) is 7.31. The Morgan fingerprint density at radius 3 is 2.58 bits per heavy atom. The lowest BCUT2D eigenvalue weighted by atomic mass is 10.1. The van der Waals surface area contributed by atoms with Gasteiger partial charge in [0.25, 0.3) is 0 Å². The second-order valence-corrected chi connectivity index (χ2v) is 5.26. The van der Waals surface area contributed by atoms with Crippen LogP contribution in [0.15, 0.2) is 67.1 Å². The first-order chi connectivity index (χ1) is 11.7. The molecule has 0 amide bonds. The van der Waals surface area contributed by atoms with Gasteiger partial charge in [-0.1, -0.05) is 6.07 Å². The number of anilines is 2. The first kappa shape index (κ1) is 14.3. The zero-order valence-electron chi connectivity index (χ0n) is 12.4. The van der Waals surface area contributed by atoms with Crippen LogP contribution in [-0.4, -0.2) is 14.4 Å². The van der Waals surface area contributed by atoms with Crippen LogP contribution in [0.25, 0.3) is 16.9 Å². The van der Waals surface area contributed by atoms with Crippen molar-refractivity contribution >= 4 is 17.2 Å². The van der Waals surface area contributed by atoms with Crippen molar-refractivity contribution in [2.24, 2.45) is 0 Å². The van der Waals surface area contributed by atoms with Crippen molar-refractivity contribution in [3.63, 3.8) is 0 Å². The van der Waals surface area contributed by atoms with Crippen molar-refractivity contribution in [1.29, 1.82) is 0 Å². The van der Waals surface area contributed by atoms with Crippen LogP contribution in [0.5, 0.6) is 0 Å². The Labute approximate surface area is 136 Å². The van der Waals surface area contributed by atoms with Crippen molar-refractivity contribution < 1.29 is 8.78 Å². The molecule has 4 nitrogen and oxygen atoms in total. The average molecular weight is 322 g/mol. The van der Waals surface area contributed by atoms with E-state index in [1.807, 2.05) is 4.40 Å². The fourth-order valence-electron chi connectivity index (χ4n) is 2.54. The van der Waals surface area contributed by atoms with Gasteiger partial charge in [0, 0.05) is 23.6 Å². The summed E-state index contributed by atoms with van der Waals surface area (Å²) in [5, 5.41) is 3.19. The molecule has 1 N–H and O–H groups in total. The summed E-state index contributed by atoms with van der Waals surface area (Å²) in [4.78, 5) is 8.62. The number of benzene rings is 2. The SMILES string of the molecule is Fc1ccc(-c2nc3cnccn3c2Nc2cccc(F)c2)cc1. The number of hydrogen-bond donors (Lipinski definition) is 1. The smallest absolute Gasteiger partial charge is 0.157 e. The number of rotatable bonds is 3. The van der Waals surface area contributed by atoms with E-state index in [0.29, 0.717) is 22.8 Å². The second kappa shape index (κ2) is 5.73. The van der Waals surface area contributed by atoms with E-state index in [4.69, 9.17) is 0 Å². The number of fused-ring (bicyclic) bond motifs is 1. The van der Waals surface area contributed by atoms with Gasteiger partial charge in [-0.05, 0) is 42.5 Å². The van der Waals surface area contributed by atoms with Gasteiger partial charge in [0.15, 0.2) is 5.65 Å². The highest BCUT2D eigenvalue weighted by molar-refractivity contribution is 5.79. The molecule has 24 heavy (non-hydrogen) atoms. The van der Waals surface area contributed by atoms with Crippen LogP contribution in [-0.2, 0) is 0 Å². The molecule has 0 saturated heterocycles. The van der Waals surface area contributed by atoms with Crippen LogP contribution in [0.1, 0.15) is 0 Å². The molecule has 0 atom stereocenters. The minimum absolute atomic E-state index is 0.316. The van der Waals surface area contributed by atoms with Crippen molar-refractivity contribution in [3.05, 3.63) is 78.8 Å². The number of aromatic nitrogens is 3. The van der Waals surface area contributed by atoms with Crippen molar-refractivity contribution in [2.75, 3.05) is 5.32 Å². The zero-order valence-corrected chi connectivity index (χ0v) is 12.4. The van der Waals surface area contributed by atoms with E-state index in [0.717, 1.165) is 5.56 Å². The summed E-state index contributed by atoms with van der Waals surface area (Å²) in [6, 6.07) is 12.2. The van der Waals surface area contributed by atoms with E-state index < -0.39 is 0 Å². The van der Waals surface area contributed by atoms with E-state index >= 15 is 0 Å². The minimum atomic E-state index is -0.334. The summed E-state index contributed by atoms with van der Waals surface area (Å²) < 4.78 is 28.5. The van der Waals surface area contributed by atoms with Crippen molar-refractivity contribution in [3.8, 4) is 11.3 Å². The van der Waals surface area contributed by atoms with Gasteiger partial charge in [-0.2, -0.15) is 0 Å². The molecule has 2 heterocycles. The van der Waals surface area contributed by atoms with Crippen molar-refractivity contribution in [2.45, 2.75) is 0 Å². The summed E-state index contributed by atoms with van der Waals surface area (Å²) in [6.07, 6.45) is 5.03. The third-order valence-electron chi connectivity index (χ3n) is 3.64. The number of nitrogens with one attached hydrogen (secondary N) is 1. The van der Waals surface area contributed by atoms with Crippen LogP contribution < -0.4 is 5.32 Å². The van der Waals surface area contributed by atoms with Gasteiger partial charge in [-0.25, -0.2) is 13.8 Å². The molecule has 2 aromatic carbocycles. The number of hydrogen-bond acceptors (Lipinski definition) is 3. The summed E-state index contributed by atoms with van der Waals surface area (Å²) >= 11 is 0. The molecular weight excluding hydrogens is 310 g/mol. The van der Waals surface area contributed by atoms with E-state index in [2.05, 4.69) is 15.3 Å². The van der Waals surface area contributed by atoms with Crippen LogP contribution in [0.2, 0.25) is 0 Å². The fraction of sp³-hybridized carbons (Fsp3) is 0. The number of nitrogens with zero attached hydrogens (tertiary/aromatic N) is 3. The predicted molar refractivity (Wildman–Crippen MR) is 88.1 cm³/mol. The molecule has 0 aliphatic rings. The zero-order chi connectivity index (χ0) is 16.5. The molecule has 4 rings (SSSR count). The highest BCUT2D eigenvalue weighted by Gasteiger charge is 2.14. The second-order valence-electron chi connectivity index (χ2n) is 5.26. The molecule has 4 aromatic rings. The maximum atomic E-state index is 13.5. The molecule has 0 spiro atoms. The molecule has 0 aliphatic carbocycles. The summed E-state index contributed by atoms with van der Waals surface area (Å²) in [5.74, 6) is 0.00671. The largest absolute Gasteiger partial charge is 0.339 e. The molecule has 6 heteroatoms. The van der Waals surface area contributed by atoms with Crippen LogP contribution in [0.3, 0.4) is 0 Å². The molecule has 0 radical (unpaired) electrons. The molecule has 0 unspecified atom stereocenters. The van der Waals surface area contributed by atoms with Gasteiger partial charge < -0.3 is 5.32 Å². The maximum absolute atomic E-state index is 13.5. The van der Waals surface area contributed by atoms with Gasteiger partial charge in [-0.3, -0.25) is 9.38 Å². The standard InChI is InChI=1S/C18H12F2N4/c19-13-6-4-12(5-7-13)17-18(22-15-3-1-2-14(20)10-15)24-9-8-21-11-16(24)23-17/h1-11,22H. The Balaban J connectivity index is 1.88. The van der Waals surface area contributed by atoms with E-state index in [-0.39, 0.29) is 11.6 Å². The Kier molecular flexibility index (Phi) is 3.42. The fourth-order valence-corrected chi connectivity index (χ4v) is 2.54. The van der Waals surface area contributed by atoms with Crippen LogP contribution in [0, 0.1) is 11.6 Å². The molecular formula is C18H12F2N4. The number of imidazole rings is 1. The minimum Gasteiger partial charge on any atom is -0.339 e. The molecule has 0 saturated carbocycles. The van der Waals surface area contributed by atoms with Gasteiger partial charge in [0.05, 0.1) is 6.20 Å². The highest BCUT2D eigenvalue weighted by Crippen LogP contribution is 2.31. The summed E-state index contributed by atoms with van der Waals surface area (Å²) in [7, 11) is 0. The highest BCUT2D eigenvalue weighted by atomic mass is 19.1. The van der Waals surface area contributed by atoms with E-state index in [1.165, 1.54) is 24.3 Å². The lowest BCUT2D eigenvalue weighted by Gasteiger charge is -2.09. The Hall–Kier alpha value is -3.28. The van der Waals surface area contributed by atoms with E-state index in [9.17, 15) is 8.78 Å². The molecule has 0 fully saturated rings. The topological polar surface area (TPSA) is 42.2 Å². The lowest BCUT2D eigenvalue weighted by Crippen LogP contribution is -1.97. The summed E-state index contributed by atoms with van der Waals surface area (Å²) in [5.41, 5.74) is 2.61. The van der Waals surface area contributed by atoms with Gasteiger partial charge >= 0.3 is 0 Å². The van der Waals surface area contributed by atoms with Gasteiger partial charge in [0.1, 0.15) is 23.1 Å². The normalized spacial score (nSPS) is 10.9. The van der Waals surface area contributed by atoms with Gasteiger partial charge in [-0.15, -0.1) is 0 Å². The third kappa shape index (κ3) is 2.58. The maximum Gasteiger partial charge on any atom is 0.157 e. The van der Waals surface area contributed by atoms with Crippen LogP contribution in [0.4, 0.5) is 20.3 Å². The Morgan fingerprint density at radius 2 is 1.79 bits per heavy atom. The van der Waals surface area contributed by atoms with E-state index in [1.54, 1.807) is 42.9 Å². The molecule has 0 bridgehead atoms. The Bertz CT molecular complexity index is 1010. The van der Waals surface area contributed by atoms with Crippen LogP contribution >= 0.6 is 0 Å². The molecule has 2 aromatic heterocycles. The Morgan fingerprint density at radius 1 is 0.958 bits per heavy atom. The monoisotopic (exact) mass is 322 g/mol. The average Bonchev–Trinajstić information content (AvgIpc) is 2.94. The molecule has 0 aliphatic heterocycles. The third-order valence-corrected chi connectivity index (χ3v) is 3.64.